The minimum Gasteiger partial charge on any atom is -0.494 e. The Labute approximate surface area is 180 Å². The number of nitrogens with one attached hydrogen (secondary N) is 2. The third-order valence-corrected chi connectivity index (χ3v) is 4.56. The predicted octanol–water partition coefficient (Wildman–Crippen LogP) is 4.74. The second-order valence-electron chi connectivity index (χ2n) is 6.64. The second-order valence-corrected chi connectivity index (χ2v) is 7.04. The van der Waals surface area contributed by atoms with Gasteiger partial charge in [0.1, 0.15) is 23.9 Å². The number of anilines is 1. The summed E-state index contributed by atoms with van der Waals surface area (Å²) >= 11 is 5.24. The zero-order valence-corrected chi connectivity index (χ0v) is 17.5. The molecule has 3 N–H and O–H groups in total. The number of aliphatic hydroxyl groups excluding tert-OH is 1. The summed E-state index contributed by atoms with van der Waals surface area (Å²) < 4.78 is 11.1. The van der Waals surface area contributed by atoms with Crippen molar-refractivity contribution in [2.45, 2.75) is 26.4 Å². The molecule has 0 spiro atoms. The van der Waals surface area contributed by atoms with Gasteiger partial charge in [-0.2, -0.15) is 0 Å². The molecule has 0 aliphatic carbocycles. The van der Waals surface area contributed by atoms with E-state index in [1.807, 2.05) is 24.3 Å². The van der Waals surface area contributed by atoms with Gasteiger partial charge in [-0.3, -0.25) is 10.1 Å². The third kappa shape index (κ3) is 5.92. The van der Waals surface area contributed by atoms with Crippen LogP contribution in [0, 0.1) is 0 Å². The van der Waals surface area contributed by atoms with Crippen LogP contribution in [0.1, 0.15) is 35.9 Å². The molecule has 156 valence electrons. The van der Waals surface area contributed by atoms with Crippen LogP contribution in [0.3, 0.4) is 0 Å². The highest BCUT2D eigenvalue weighted by Gasteiger charge is 2.09. The molecule has 1 aromatic heterocycles. The average molecular weight is 425 g/mol. The van der Waals surface area contributed by atoms with Gasteiger partial charge in [0.15, 0.2) is 5.11 Å². The molecule has 0 fully saturated rings. The number of hydrogen-bond donors (Lipinski definition) is 3. The molecule has 0 atom stereocenters. The molecule has 6 nitrogen and oxygen atoms in total. The second kappa shape index (κ2) is 10.6. The Morgan fingerprint density at radius 2 is 1.80 bits per heavy atom. The summed E-state index contributed by atoms with van der Waals surface area (Å²) in [6, 6.07) is 17.9. The molecule has 7 heteroatoms. The highest BCUT2D eigenvalue weighted by molar-refractivity contribution is 7.80. The first-order chi connectivity index (χ1) is 14.6. The lowest BCUT2D eigenvalue weighted by Gasteiger charge is -2.10. The molecular formula is C23H24N2O4S. The maximum Gasteiger partial charge on any atom is 0.257 e. The molecule has 0 aliphatic heterocycles. The Balaban J connectivity index is 1.52. The molecule has 0 radical (unpaired) electrons. The van der Waals surface area contributed by atoms with Crippen molar-refractivity contribution in [1.82, 2.24) is 5.32 Å². The van der Waals surface area contributed by atoms with Crippen LogP contribution in [-0.4, -0.2) is 22.7 Å². The predicted molar refractivity (Wildman–Crippen MR) is 121 cm³/mol. The molecule has 0 aliphatic rings. The van der Waals surface area contributed by atoms with E-state index >= 15 is 0 Å². The number of hydrogen-bond acceptors (Lipinski definition) is 5. The van der Waals surface area contributed by atoms with Crippen LogP contribution in [0.2, 0.25) is 0 Å². The number of amides is 1. The van der Waals surface area contributed by atoms with Crippen molar-refractivity contribution in [2.75, 3.05) is 11.9 Å². The Morgan fingerprint density at radius 1 is 1.07 bits per heavy atom. The van der Waals surface area contributed by atoms with Gasteiger partial charge in [0, 0.05) is 16.8 Å². The Hall–Kier alpha value is -3.16. The van der Waals surface area contributed by atoms with Gasteiger partial charge in [0.05, 0.1) is 6.61 Å². The maximum atomic E-state index is 12.4. The van der Waals surface area contributed by atoms with Crippen molar-refractivity contribution < 1.29 is 19.1 Å². The molecule has 0 saturated heterocycles. The van der Waals surface area contributed by atoms with Gasteiger partial charge in [-0.15, -0.1) is 0 Å². The molecule has 2 aromatic carbocycles. The van der Waals surface area contributed by atoms with Crippen molar-refractivity contribution in [2.24, 2.45) is 0 Å². The number of aliphatic hydroxyl groups is 1. The molecule has 0 saturated carbocycles. The first-order valence-electron chi connectivity index (χ1n) is 9.74. The van der Waals surface area contributed by atoms with E-state index in [1.165, 1.54) is 0 Å². The monoisotopic (exact) mass is 424 g/mol. The minimum absolute atomic E-state index is 0.137. The zero-order valence-electron chi connectivity index (χ0n) is 16.7. The smallest absolute Gasteiger partial charge is 0.257 e. The van der Waals surface area contributed by atoms with Crippen molar-refractivity contribution in [3.05, 3.63) is 72.0 Å². The molecule has 3 rings (SSSR count). The minimum atomic E-state index is -0.295. The van der Waals surface area contributed by atoms with Gasteiger partial charge in [0.2, 0.25) is 0 Å². The van der Waals surface area contributed by atoms with E-state index in [4.69, 9.17) is 26.5 Å². The van der Waals surface area contributed by atoms with Crippen LogP contribution in [-0.2, 0) is 6.61 Å². The number of carbonyl (C=O) groups excluding carboxylic acids is 1. The van der Waals surface area contributed by atoms with Crippen LogP contribution < -0.4 is 15.4 Å². The number of furan rings is 1. The van der Waals surface area contributed by atoms with Crippen LogP contribution in [0.15, 0.2) is 65.1 Å². The number of ether oxygens (including phenoxy) is 1. The van der Waals surface area contributed by atoms with Crippen LogP contribution in [0.5, 0.6) is 5.75 Å². The molecule has 3 aromatic rings. The molecular weight excluding hydrogens is 400 g/mol. The molecule has 1 amide bonds. The van der Waals surface area contributed by atoms with Crippen molar-refractivity contribution >= 4 is 28.9 Å². The fourth-order valence-corrected chi connectivity index (χ4v) is 2.92. The SMILES string of the molecule is CCCCOc1ccc(C(=O)NC(=S)Nc2ccc(-c3ccc(CO)o3)cc2)cc1. The topological polar surface area (TPSA) is 83.7 Å². The summed E-state index contributed by atoms with van der Waals surface area (Å²) in [6.45, 7) is 2.63. The number of thiocarbonyl (C=S) groups is 1. The molecule has 1 heterocycles. The summed E-state index contributed by atoms with van der Waals surface area (Å²) in [7, 11) is 0. The average Bonchev–Trinajstić information content (AvgIpc) is 3.24. The van der Waals surface area contributed by atoms with E-state index in [2.05, 4.69) is 17.6 Å². The fraction of sp³-hybridized carbons (Fsp3) is 0.217. The third-order valence-electron chi connectivity index (χ3n) is 4.35. The first kappa shape index (κ1) is 21.5. The van der Waals surface area contributed by atoms with Crippen LogP contribution in [0.25, 0.3) is 11.3 Å². The number of unbranched alkanes of at least 4 members (excludes halogenated alkanes) is 1. The van der Waals surface area contributed by atoms with Gasteiger partial charge >= 0.3 is 0 Å². The standard InChI is InChI=1S/C23H24N2O4S/c1-2-3-14-28-19-10-6-17(7-11-19)22(27)25-23(30)24-18-8-4-16(5-9-18)21-13-12-20(15-26)29-21/h4-13,26H,2-3,14-15H2,1H3,(H2,24,25,27,30). The Kier molecular flexibility index (Phi) is 7.59. The van der Waals surface area contributed by atoms with E-state index < -0.39 is 0 Å². The lowest BCUT2D eigenvalue weighted by atomic mass is 10.1. The summed E-state index contributed by atoms with van der Waals surface area (Å²) in [5, 5.41) is 15.0. The lowest BCUT2D eigenvalue weighted by Crippen LogP contribution is -2.34. The molecule has 30 heavy (non-hydrogen) atoms. The van der Waals surface area contributed by atoms with Gasteiger partial charge in [-0.05, 0) is 79.3 Å². The summed E-state index contributed by atoms with van der Waals surface area (Å²) in [4.78, 5) is 12.4. The number of benzene rings is 2. The number of carbonyl (C=O) groups is 1. The van der Waals surface area contributed by atoms with E-state index in [9.17, 15) is 4.79 Å². The van der Waals surface area contributed by atoms with Crippen molar-refractivity contribution in [1.29, 1.82) is 0 Å². The zero-order chi connectivity index (χ0) is 21.3. The molecule has 0 unspecified atom stereocenters. The van der Waals surface area contributed by atoms with Crippen LogP contribution >= 0.6 is 12.2 Å². The highest BCUT2D eigenvalue weighted by Crippen LogP contribution is 2.24. The van der Waals surface area contributed by atoms with Gasteiger partial charge in [-0.1, -0.05) is 13.3 Å². The quantitative estimate of drug-likeness (QED) is 0.358. The van der Waals surface area contributed by atoms with Gasteiger partial charge < -0.3 is 19.6 Å². The number of rotatable bonds is 8. The van der Waals surface area contributed by atoms with Gasteiger partial charge in [0.25, 0.3) is 5.91 Å². The highest BCUT2D eigenvalue weighted by atomic mass is 32.1. The van der Waals surface area contributed by atoms with Crippen LogP contribution in [0.4, 0.5) is 5.69 Å². The maximum absolute atomic E-state index is 12.4. The van der Waals surface area contributed by atoms with E-state index in [0.717, 1.165) is 29.8 Å². The Bertz CT molecular complexity index is 981. The molecule has 0 bridgehead atoms. The first-order valence-corrected chi connectivity index (χ1v) is 10.1. The Morgan fingerprint density at radius 3 is 2.43 bits per heavy atom. The fourth-order valence-electron chi connectivity index (χ4n) is 2.71. The lowest BCUT2D eigenvalue weighted by molar-refractivity contribution is 0.0977. The van der Waals surface area contributed by atoms with Crippen molar-refractivity contribution in [3.63, 3.8) is 0 Å². The van der Waals surface area contributed by atoms with E-state index in [0.29, 0.717) is 23.7 Å². The normalized spacial score (nSPS) is 10.5. The van der Waals surface area contributed by atoms with Crippen molar-refractivity contribution in [3.8, 4) is 17.1 Å². The van der Waals surface area contributed by atoms with Gasteiger partial charge in [-0.25, -0.2) is 0 Å². The largest absolute Gasteiger partial charge is 0.494 e. The summed E-state index contributed by atoms with van der Waals surface area (Å²) in [5.41, 5.74) is 2.10. The van der Waals surface area contributed by atoms with E-state index in [1.54, 1.807) is 36.4 Å². The summed E-state index contributed by atoms with van der Waals surface area (Å²) in [6.07, 6.45) is 2.07. The van der Waals surface area contributed by atoms with E-state index in [-0.39, 0.29) is 17.6 Å². The summed E-state index contributed by atoms with van der Waals surface area (Å²) in [5.74, 6) is 1.63.